The third-order valence-corrected chi connectivity index (χ3v) is 4.75. The van der Waals surface area contributed by atoms with Gasteiger partial charge in [-0.25, -0.2) is 0 Å². The van der Waals surface area contributed by atoms with Crippen LogP contribution in [0.25, 0.3) is 27.7 Å². The van der Waals surface area contributed by atoms with Crippen molar-refractivity contribution in [1.29, 1.82) is 0 Å². The van der Waals surface area contributed by atoms with Crippen molar-refractivity contribution in [2.24, 2.45) is 0 Å². The zero-order valence-corrected chi connectivity index (χ0v) is 14.9. The lowest BCUT2D eigenvalue weighted by atomic mass is 9.96. The molecule has 0 aliphatic carbocycles. The highest BCUT2D eigenvalue weighted by atomic mass is 19.4. The van der Waals surface area contributed by atoms with E-state index in [1.54, 1.807) is 18.5 Å². The van der Waals surface area contributed by atoms with Gasteiger partial charge in [0.25, 0.3) is 5.78 Å². The van der Waals surface area contributed by atoms with Crippen LogP contribution < -0.4 is 0 Å². The van der Waals surface area contributed by atoms with Crippen molar-refractivity contribution in [3.8, 4) is 16.8 Å². The number of benzene rings is 2. The zero-order chi connectivity index (χ0) is 19.9. The van der Waals surface area contributed by atoms with Gasteiger partial charge in [0.1, 0.15) is 0 Å². The predicted molar refractivity (Wildman–Crippen MR) is 102 cm³/mol. The Balaban J connectivity index is 1.83. The van der Waals surface area contributed by atoms with Crippen LogP contribution in [-0.4, -0.2) is 21.5 Å². The van der Waals surface area contributed by atoms with Crippen LogP contribution >= 0.6 is 0 Å². The molecule has 0 saturated heterocycles. The molecule has 0 radical (unpaired) electrons. The summed E-state index contributed by atoms with van der Waals surface area (Å²) < 4.78 is 40.4. The molecule has 0 saturated carbocycles. The zero-order valence-electron chi connectivity index (χ0n) is 14.9. The minimum Gasteiger partial charge on any atom is -0.316 e. The third kappa shape index (κ3) is 3.07. The number of halogens is 3. The Hall–Kier alpha value is -3.41. The van der Waals surface area contributed by atoms with E-state index in [4.69, 9.17) is 0 Å². The molecule has 28 heavy (non-hydrogen) atoms. The van der Waals surface area contributed by atoms with Crippen LogP contribution in [0, 0.1) is 6.92 Å². The van der Waals surface area contributed by atoms with Gasteiger partial charge in [-0.3, -0.25) is 9.78 Å². The summed E-state index contributed by atoms with van der Waals surface area (Å²) in [5.74, 6) is -1.84. The van der Waals surface area contributed by atoms with Crippen LogP contribution in [0.4, 0.5) is 13.2 Å². The fraction of sp³-hybridized carbons (Fsp3) is 0.0909. The molecule has 2 aromatic carbocycles. The molecule has 2 aromatic heterocycles. The number of hydrogen-bond acceptors (Lipinski definition) is 2. The first-order valence-electron chi connectivity index (χ1n) is 8.59. The Morgan fingerprint density at radius 3 is 2.61 bits per heavy atom. The number of nitrogens with zero attached hydrogens (tertiary/aromatic N) is 2. The molecule has 6 heteroatoms. The number of aromatic nitrogens is 2. The van der Waals surface area contributed by atoms with Gasteiger partial charge in [0.15, 0.2) is 0 Å². The van der Waals surface area contributed by atoms with E-state index in [1.807, 2.05) is 48.0 Å². The number of alkyl halides is 3. The predicted octanol–water partition coefficient (Wildman–Crippen LogP) is 5.75. The van der Waals surface area contributed by atoms with Crippen molar-refractivity contribution in [3.63, 3.8) is 0 Å². The highest BCUT2D eigenvalue weighted by molar-refractivity contribution is 6.01. The molecule has 3 nitrogen and oxygen atoms in total. The summed E-state index contributed by atoms with van der Waals surface area (Å²) in [6.07, 6.45) is 0.525. The molecule has 0 aliphatic rings. The molecule has 0 unspecified atom stereocenters. The van der Waals surface area contributed by atoms with Crippen molar-refractivity contribution in [2.45, 2.75) is 13.1 Å². The Labute approximate surface area is 159 Å². The normalized spacial score (nSPS) is 11.7. The molecule has 0 aliphatic heterocycles. The number of ketones is 1. The quantitative estimate of drug-likeness (QED) is 0.425. The second-order valence-corrected chi connectivity index (χ2v) is 6.48. The standard InChI is InChI=1S/C22H15F3N2O/c1-14-18(15-4-2-5-16(12-15)21(28)22(23,24)25)6-3-7-19(14)27-11-9-17-13-26-10-8-20(17)27/h2-13H,1H3. The summed E-state index contributed by atoms with van der Waals surface area (Å²) in [5, 5.41) is 0.991. The number of pyridine rings is 1. The van der Waals surface area contributed by atoms with Crippen molar-refractivity contribution >= 4 is 16.7 Å². The number of hydrogen-bond donors (Lipinski definition) is 0. The van der Waals surface area contributed by atoms with E-state index < -0.39 is 12.0 Å². The molecule has 0 amide bonds. The Bertz CT molecular complexity index is 1190. The van der Waals surface area contributed by atoms with E-state index in [1.165, 1.54) is 18.2 Å². The van der Waals surface area contributed by atoms with Crippen molar-refractivity contribution in [2.75, 3.05) is 0 Å². The van der Waals surface area contributed by atoms with E-state index >= 15 is 0 Å². The summed E-state index contributed by atoms with van der Waals surface area (Å²) >= 11 is 0. The molecule has 4 rings (SSSR count). The first-order valence-corrected chi connectivity index (χ1v) is 8.59. The second kappa shape index (κ2) is 6.64. The van der Waals surface area contributed by atoms with Gasteiger partial charge in [-0.1, -0.05) is 30.3 Å². The lowest BCUT2D eigenvalue weighted by molar-refractivity contribution is -0.0885. The first kappa shape index (κ1) is 18.0. The van der Waals surface area contributed by atoms with Gasteiger partial charge in [0.05, 0.1) is 5.52 Å². The van der Waals surface area contributed by atoms with Crippen molar-refractivity contribution in [3.05, 3.63) is 84.3 Å². The number of Topliss-reactive ketones (excluding diaryl/α,β-unsaturated/α-hetero) is 1. The number of fused-ring (bicyclic) bond motifs is 1. The van der Waals surface area contributed by atoms with Gasteiger partial charge in [-0.05, 0) is 47.9 Å². The van der Waals surface area contributed by atoms with Crippen molar-refractivity contribution < 1.29 is 18.0 Å². The van der Waals surface area contributed by atoms with Crippen LogP contribution in [0.2, 0.25) is 0 Å². The van der Waals surface area contributed by atoms with E-state index in [9.17, 15) is 18.0 Å². The molecule has 2 heterocycles. The van der Waals surface area contributed by atoms with Crippen LogP contribution in [0.1, 0.15) is 15.9 Å². The topological polar surface area (TPSA) is 34.9 Å². The van der Waals surface area contributed by atoms with Crippen LogP contribution in [0.5, 0.6) is 0 Å². The first-order chi connectivity index (χ1) is 13.4. The van der Waals surface area contributed by atoms with E-state index in [-0.39, 0.29) is 5.56 Å². The average Bonchev–Trinajstić information content (AvgIpc) is 3.11. The highest BCUT2D eigenvalue weighted by Crippen LogP contribution is 2.31. The maximum Gasteiger partial charge on any atom is 0.454 e. The van der Waals surface area contributed by atoms with Crippen LogP contribution in [0.3, 0.4) is 0 Å². The summed E-state index contributed by atoms with van der Waals surface area (Å²) in [7, 11) is 0. The smallest absolute Gasteiger partial charge is 0.316 e. The lowest BCUT2D eigenvalue weighted by Gasteiger charge is -2.14. The molecule has 0 spiro atoms. The van der Waals surface area contributed by atoms with E-state index in [2.05, 4.69) is 4.98 Å². The third-order valence-electron chi connectivity index (χ3n) is 4.75. The molecule has 0 N–H and O–H groups in total. The fourth-order valence-electron chi connectivity index (χ4n) is 3.38. The molecule has 0 atom stereocenters. The maximum atomic E-state index is 12.8. The summed E-state index contributed by atoms with van der Waals surface area (Å²) in [5.41, 5.74) is 3.75. The maximum absolute atomic E-state index is 12.8. The fourth-order valence-corrected chi connectivity index (χ4v) is 3.38. The number of carbonyl (C=O) groups is 1. The SMILES string of the molecule is Cc1c(-c2cccc(C(=O)C(F)(F)F)c2)cccc1-n1ccc2cnccc21. The second-order valence-electron chi connectivity index (χ2n) is 6.48. The van der Waals surface area contributed by atoms with Gasteiger partial charge >= 0.3 is 6.18 Å². The van der Waals surface area contributed by atoms with E-state index in [0.717, 1.165) is 27.7 Å². The Morgan fingerprint density at radius 2 is 1.82 bits per heavy atom. The van der Waals surface area contributed by atoms with Gasteiger partial charge in [-0.2, -0.15) is 13.2 Å². The monoisotopic (exact) mass is 380 g/mol. The van der Waals surface area contributed by atoms with Crippen molar-refractivity contribution in [1.82, 2.24) is 9.55 Å². The molecule has 4 aromatic rings. The number of carbonyl (C=O) groups excluding carboxylic acids is 1. The number of rotatable bonds is 3. The molecule has 140 valence electrons. The van der Waals surface area contributed by atoms with Gasteiger partial charge in [-0.15, -0.1) is 0 Å². The minimum atomic E-state index is -4.90. The highest BCUT2D eigenvalue weighted by Gasteiger charge is 2.39. The molecule has 0 fully saturated rings. The average molecular weight is 380 g/mol. The van der Waals surface area contributed by atoms with Gasteiger partial charge < -0.3 is 4.57 Å². The minimum absolute atomic E-state index is 0.368. The van der Waals surface area contributed by atoms with Gasteiger partial charge in [0, 0.05) is 35.2 Å². The Morgan fingerprint density at radius 1 is 1.04 bits per heavy atom. The van der Waals surface area contributed by atoms with Crippen LogP contribution in [0.15, 0.2) is 73.2 Å². The van der Waals surface area contributed by atoms with Gasteiger partial charge in [0.2, 0.25) is 0 Å². The summed E-state index contributed by atoms with van der Waals surface area (Å²) in [6.45, 7) is 1.91. The molecular formula is C22H15F3N2O. The van der Waals surface area contributed by atoms with E-state index in [0.29, 0.717) is 5.56 Å². The van der Waals surface area contributed by atoms with Crippen LogP contribution in [-0.2, 0) is 0 Å². The lowest BCUT2D eigenvalue weighted by Crippen LogP contribution is -2.22. The molecular weight excluding hydrogens is 365 g/mol. The molecule has 0 bridgehead atoms. The Kier molecular flexibility index (Phi) is 4.26. The summed E-state index contributed by atoms with van der Waals surface area (Å²) in [6, 6.07) is 15.1. The summed E-state index contributed by atoms with van der Waals surface area (Å²) in [4.78, 5) is 15.7. The largest absolute Gasteiger partial charge is 0.454 e.